The van der Waals surface area contributed by atoms with Crippen LogP contribution in [-0.2, 0) is 2.99 Å². The molecule has 0 spiro atoms. The van der Waals surface area contributed by atoms with Gasteiger partial charge >= 0.3 is 56.8 Å². The molecule has 0 aromatic heterocycles. The summed E-state index contributed by atoms with van der Waals surface area (Å²) in [5, 5.41) is 16.5. The Hall–Kier alpha value is 0.744. The minimum atomic E-state index is -1.84. The van der Waals surface area contributed by atoms with Gasteiger partial charge in [0.25, 0.3) is 0 Å². The van der Waals surface area contributed by atoms with E-state index in [-0.39, 0.29) is 0 Å². The van der Waals surface area contributed by atoms with Crippen molar-refractivity contribution in [3.63, 3.8) is 0 Å². The van der Waals surface area contributed by atoms with Gasteiger partial charge in [0.2, 0.25) is 0 Å². The molecule has 48 valence electrons. The maximum absolute atomic E-state index is 8.24. The molecule has 0 aromatic carbocycles. The molecule has 3 nitrogen and oxygen atoms in total. The second kappa shape index (κ2) is 4.61. The molecular formula is C3H11BO3Sn. The first-order valence-corrected chi connectivity index (χ1v) is 9.65. The molecule has 0 saturated carbocycles. The van der Waals surface area contributed by atoms with Crippen LogP contribution in [0.15, 0.2) is 0 Å². The predicted octanol–water partition coefficient (Wildman–Crippen LogP) is -0.654. The van der Waals surface area contributed by atoms with E-state index in [1.165, 1.54) is 0 Å². The minimum absolute atomic E-state index is 0.999. The third-order valence-electron chi connectivity index (χ3n) is 0.929. The SMILES string of the molecule is C[CH2][SnH]([CH3])[O]B(O)O. The first kappa shape index (κ1) is 8.74. The average Bonchev–Trinajstić information content (AvgIpc) is 1.65. The van der Waals surface area contributed by atoms with Crippen LogP contribution < -0.4 is 0 Å². The number of hydrogen-bond donors (Lipinski definition) is 2. The van der Waals surface area contributed by atoms with E-state index in [1.807, 2.05) is 11.9 Å². The van der Waals surface area contributed by atoms with Gasteiger partial charge < -0.3 is 0 Å². The van der Waals surface area contributed by atoms with Crippen molar-refractivity contribution in [1.29, 1.82) is 0 Å². The van der Waals surface area contributed by atoms with Crippen molar-refractivity contribution in [2.24, 2.45) is 0 Å². The van der Waals surface area contributed by atoms with Crippen LogP contribution in [0.1, 0.15) is 6.92 Å². The molecular weight excluding hydrogens is 214 g/mol. The molecule has 0 heterocycles. The van der Waals surface area contributed by atoms with Gasteiger partial charge in [0.05, 0.1) is 0 Å². The average molecular weight is 225 g/mol. The van der Waals surface area contributed by atoms with Crippen molar-refractivity contribution in [3.05, 3.63) is 0 Å². The molecule has 0 aliphatic rings. The van der Waals surface area contributed by atoms with E-state index in [2.05, 4.69) is 0 Å². The molecule has 0 bridgehead atoms. The van der Waals surface area contributed by atoms with Gasteiger partial charge in [-0.2, -0.15) is 0 Å². The molecule has 1 atom stereocenters. The van der Waals surface area contributed by atoms with Crippen LogP contribution in [0, 0.1) is 0 Å². The Morgan fingerprint density at radius 3 is 2.25 bits per heavy atom. The van der Waals surface area contributed by atoms with E-state index >= 15 is 0 Å². The summed E-state index contributed by atoms with van der Waals surface area (Å²) in [6.45, 7) is 2.00. The summed E-state index contributed by atoms with van der Waals surface area (Å²) in [5.74, 6) is 0. The molecule has 0 rings (SSSR count). The Morgan fingerprint density at radius 1 is 1.62 bits per heavy atom. The molecule has 1 unspecified atom stereocenters. The topological polar surface area (TPSA) is 49.7 Å². The normalized spacial score (nSPS) is 13.5. The summed E-state index contributed by atoms with van der Waals surface area (Å²) in [6.07, 6.45) is 0. The van der Waals surface area contributed by atoms with Crippen LogP contribution in [0.2, 0.25) is 9.38 Å². The molecule has 0 aromatic rings. The molecule has 0 amide bonds. The summed E-state index contributed by atoms with van der Waals surface area (Å²) >= 11 is -1.84. The number of rotatable bonds is 3. The zero-order chi connectivity index (χ0) is 6.57. The summed E-state index contributed by atoms with van der Waals surface area (Å²) in [7, 11) is -1.53. The van der Waals surface area contributed by atoms with Crippen molar-refractivity contribution in [2.45, 2.75) is 16.3 Å². The third-order valence-corrected chi connectivity index (χ3v) is 6.23. The van der Waals surface area contributed by atoms with Crippen LogP contribution >= 0.6 is 0 Å². The standard InChI is InChI=1S/C2H5.CH3.BH2O3.Sn.H/c1-2;;2-1(3)4;;/h1H2,2H3;1H3;2-3H;;/q;;-1;+1;. The fraction of sp³-hybridized carbons (Fsp3) is 1.00. The van der Waals surface area contributed by atoms with E-state index in [4.69, 9.17) is 13.0 Å². The van der Waals surface area contributed by atoms with Gasteiger partial charge in [-0.3, -0.25) is 0 Å². The van der Waals surface area contributed by atoms with Crippen LogP contribution in [0.5, 0.6) is 0 Å². The second-order valence-electron chi connectivity index (χ2n) is 1.68. The van der Waals surface area contributed by atoms with Crippen molar-refractivity contribution in [1.82, 2.24) is 0 Å². The van der Waals surface area contributed by atoms with Gasteiger partial charge in [0.1, 0.15) is 0 Å². The first-order valence-electron chi connectivity index (χ1n) is 2.68. The third kappa shape index (κ3) is 4.89. The fourth-order valence-electron chi connectivity index (χ4n) is 0.304. The van der Waals surface area contributed by atoms with Gasteiger partial charge in [-0.1, -0.05) is 0 Å². The van der Waals surface area contributed by atoms with Gasteiger partial charge in [-0.15, -0.1) is 0 Å². The van der Waals surface area contributed by atoms with E-state index in [1.54, 1.807) is 0 Å². The Labute approximate surface area is 57.1 Å². The quantitative estimate of drug-likeness (QED) is 0.627. The summed E-state index contributed by atoms with van der Waals surface area (Å²) in [6, 6.07) is 0. The fourth-order valence-corrected chi connectivity index (χ4v) is 2.04. The van der Waals surface area contributed by atoms with Crippen molar-refractivity contribution in [3.8, 4) is 0 Å². The van der Waals surface area contributed by atoms with Crippen LogP contribution in [0.4, 0.5) is 0 Å². The van der Waals surface area contributed by atoms with Crippen LogP contribution in [0.3, 0.4) is 0 Å². The van der Waals surface area contributed by atoms with Gasteiger partial charge in [-0.05, 0) is 0 Å². The first-order chi connectivity index (χ1) is 3.66. The molecule has 5 heteroatoms. The summed E-state index contributed by atoms with van der Waals surface area (Å²) < 4.78 is 5.72. The molecule has 0 radical (unpaired) electrons. The molecule has 8 heavy (non-hydrogen) atoms. The van der Waals surface area contributed by atoms with Crippen molar-refractivity contribution >= 4 is 27.5 Å². The molecule has 2 N–H and O–H groups in total. The van der Waals surface area contributed by atoms with Crippen molar-refractivity contribution < 1.29 is 13.0 Å². The van der Waals surface area contributed by atoms with E-state index in [9.17, 15) is 0 Å². The summed E-state index contributed by atoms with van der Waals surface area (Å²) in [5.41, 5.74) is 0. The molecule has 0 fully saturated rings. The van der Waals surface area contributed by atoms with E-state index in [0.717, 1.165) is 4.44 Å². The van der Waals surface area contributed by atoms with Gasteiger partial charge in [0.15, 0.2) is 0 Å². The molecule has 0 aliphatic heterocycles. The van der Waals surface area contributed by atoms with Gasteiger partial charge in [0, 0.05) is 0 Å². The Balaban J connectivity index is 3.10. The predicted molar refractivity (Wildman–Crippen MR) is 34.8 cm³/mol. The van der Waals surface area contributed by atoms with Gasteiger partial charge in [-0.25, -0.2) is 0 Å². The Morgan fingerprint density at radius 2 is 2.12 bits per heavy atom. The second-order valence-corrected chi connectivity index (χ2v) is 9.42. The monoisotopic (exact) mass is 226 g/mol. The van der Waals surface area contributed by atoms with E-state index in [0.29, 0.717) is 0 Å². The van der Waals surface area contributed by atoms with Crippen molar-refractivity contribution in [2.75, 3.05) is 0 Å². The summed E-state index contributed by atoms with van der Waals surface area (Å²) in [4.78, 5) is 1.99. The maximum atomic E-state index is 8.24. The zero-order valence-corrected chi connectivity index (χ0v) is 8.46. The Kier molecular flexibility index (Phi) is 5.03. The number of hydrogen-bond acceptors (Lipinski definition) is 3. The van der Waals surface area contributed by atoms with Crippen LogP contribution in [0.25, 0.3) is 0 Å². The molecule has 0 aliphatic carbocycles. The zero-order valence-electron chi connectivity index (χ0n) is 5.16. The van der Waals surface area contributed by atoms with Crippen LogP contribution in [-0.4, -0.2) is 37.5 Å². The Bertz CT molecular complexity index is 60.5. The van der Waals surface area contributed by atoms with E-state index < -0.39 is 27.5 Å². The molecule has 0 saturated heterocycles.